The zero-order chi connectivity index (χ0) is 13.7. The lowest BCUT2D eigenvalue weighted by atomic mass is 10.0. The molecular formula is C14H22N2O2. The van der Waals surface area contributed by atoms with Crippen molar-refractivity contribution in [3.63, 3.8) is 0 Å². The van der Waals surface area contributed by atoms with Gasteiger partial charge in [-0.25, -0.2) is 0 Å². The molecule has 2 atom stereocenters. The summed E-state index contributed by atoms with van der Waals surface area (Å²) >= 11 is 0. The molecule has 1 aromatic rings. The van der Waals surface area contributed by atoms with Crippen molar-refractivity contribution < 1.29 is 9.90 Å². The van der Waals surface area contributed by atoms with E-state index in [2.05, 4.69) is 5.32 Å². The predicted octanol–water partition coefficient (Wildman–Crippen LogP) is 1.50. The second-order valence-corrected chi connectivity index (χ2v) is 4.86. The Morgan fingerprint density at radius 2 is 1.83 bits per heavy atom. The maximum absolute atomic E-state index is 12.0. The Morgan fingerprint density at radius 1 is 1.28 bits per heavy atom. The van der Waals surface area contributed by atoms with E-state index in [0.717, 1.165) is 5.69 Å². The van der Waals surface area contributed by atoms with Crippen LogP contribution in [-0.4, -0.2) is 37.8 Å². The second kappa shape index (κ2) is 6.40. The van der Waals surface area contributed by atoms with Gasteiger partial charge in [0.1, 0.15) is 0 Å². The van der Waals surface area contributed by atoms with Crippen LogP contribution in [0.1, 0.15) is 24.2 Å². The van der Waals surface area contributed by atoms with Gasteiger partial charge in [0.25, 0.3) is 5.91 Å². The minimum absolute atomic E-state index is 0.0453. The number of nitrogens with zero attached hydrogens (tertiary/aromatic N) is 1. The first-order valence-corrected chi connectivity index (χ1v) is 6.14. The van der Waals surface area contributed by atoms with Crippen LogP contribution in [0.2, 0.25) is 0 Å². The number of carbonyl (C=O) groups is 1. The number of hydrogen-bond acceptors (Lipinski definition) is 3. The molecule has 0 saturated carbocycles. The Hall–Kier alpha value is -1.55. The number of aliphatic hydroxyl groups excluding tert-OH is 1. The minimum Gasteiger partial charge on any atom is -0.396 e. The molecule has 0 bridgehead atoms. The highest BCUT2D eigenvalue weighted by Crippen LogP contribution is 2.12. The first-order valence-electron chi connectivity index (χ1n) is 6.14. The van der Waals surface area contributed by atoms with Crippen LogP contribution in [0, 0.1) is 5.92 Å². The van der Waals surface area contributed by atoms with Crippen LogP contribution in [0.4, 0.5) is 5.69 Å². The average molecular weight is 250 g/mol. The van der Waals surface area contributed by atoms with Crippen LogP contribution in [-0.2, 0) is 0 Å². The van der Waals surface area contributed by atoms with E-state index >= 15 is 0 Å². The van der Waals surface area contributed by atoms with E-state index in [-0.39, 0.29) is 24.5 Å². The summed E-state index contributed by atoms with van der Waals surface area (Å²) in [6.07, 6.45) is 0. The number of benzene rings is 1. The molecule has 0 saturated heterocycles. The van der Waals surface area contributed by atoms with Crippen LogP contribution >= 0.6 is 0 Å². The van der Waals surface area contributed by atoms with Crippen molar-refractivity contribution in [1.82, 2.24) is 5.32 Å². The smallest absolute Gasteiger partial charge is 0.251 e. The predicted molar refractivity (Wildman–Crippen MR) is 73.9 cm³/mol. The van der Waals surface area contributed by atoms with E-state index in [1.54, 1.807) is 12.1 Å². The van der Waals surface area contributed by atoms with Gasteiger partial charge in [0, 0.05) is 38.0 Å². The zero-order valence-corrected chi connectivity index (χ0v) is 11.5. The Bertz CT molecular complexity index is 387. The summed E-state index contributed by atoms with van der Waals surface area (Å²) in [5, 5.41) is 11.9. The van der Waals surface area contributed by atoms with E-state index in [4.69, 9.17) is 5.11 Å². The Kier molecular flexibility index (Phi) is 5.16. The third-order valence-electron chi connectivity index (χ3n) is 3.15. The number of aliphatic hydroxyl groups is 1. The maximum Gasteiger partial charge on any atom is 0.251 e. The van der Waals surface area contributed by atoms with E-state index in [0.29, 0.717) is 5.56 Å². The molecule has 0 radical (unpaired) electrons. The highest BCUT2D eigenvalue weighted by Gasteiger charge is 2.14. The molecule has 18 heavy (non-hydrogen) atoms. The van der Waals surface area contributed by atoms with Gasteiger partial charge in [-0.2, -0.15) is 0 Å². The molecule has 0 aliphatic rings. The number of amides is 1. The van der Waals surface area contributed by atoms with Gasteiger partial charge in [-0.15, -0.1) is 0 Å². The third kappa shape index (κ3) is 3.74. The zero-order valence-electron chi connectivity index (χ0n) is 11.5. The summed E-state index contributed by atoms with van der Waals surface area (Å²) in [4.78, 5) is 13.9. The molecule has 1 amide bonds. The maximum atomic E-state index is 12.0. The summed E-state index contributed by atoms with van der Waals surface area (Å²) in [6, 6.07) is 7.39. The number of nitrogens with one attached hydrogen (secondary N) is 1. The van der Waals surface area contributed by atoms with Gasteiger partial charge in [-0.05, 0) is 37.1 Å². The van der Waals surface area contributed by atoms with E-state index in [1.165, 1.54) is 0 Å². The average Bonchev–Trinajstić information content (AvgIpc) is 2.37. The molecule has 0 spiro atoms. The van der Waals surface area contributed by atoms with Crippen LogP contribution in [0.15, 0.2) is 24.3 Å². The van der Waals surface area contributed by atoms with E-state index in [9.17, 15) is 4.79 Å². The van der Waals surface area contributed by atoms with Crippen molar-refractivity contribution in [1.29, 1.82) is 0 Å². The highest BCUT2D eigenvalue weighted by molar-refractivity contribution is 5.94. The fraction of sp³-hybridized carbons (Fsp3) is 0.500. The van der Waals surface area contributed by atoms with E-state index < -0.39 is 0 Å². The molecular weight excluding hydrogens is 228 g/mol. The fourth-order valence-electron chi connectivity index (χ4n) is 1.50. The molecule has 0 fully saturated rings. The molecule has 4 heteroatoms. The summed E-state index contributed by atoms with van der Waals surface area (Å²) in [7, 11) is 3.92. The molecule has 1 rings (SSSR count). The van der Waals surface area contributed by atoms with Crippen molar-refractivity contribution in [3.8, 4) is 0 Å². The topological polar surface area (TPSA) is 52.6 Å². The second-order valence-electron chi connectivity index (χ2n) is 4.86. The minimum atomic E-state index is -0.104. The Balaban J connectivity index is 2.67. The van der Waals surface area contributed by atoms with Crippen molar-refractivity contribution in [3.05, 3.63) is 29.8 Å². The molecule has 1 aromatic carbocycles. The number of rotatable bonds is 5. The lowest BCUT2D eigenvalue weighted by molar-refractivity contribution is 0.0916. The molecule has 2 unspecified atom stereocenters. The van der Waals surface area contributed by atoms with Crippen LogP contribution in [0.25, 0.3) is 0 Å². The summed E-state index contributed by atoms with van der Waals surface area (Å²) in [5.74, 6) is -0.0527. The summed E-state index contributed by atoms with van der Waals surface area (Å²) in [5.41, 5.74) is 1.70. The first kappa shape index (κ1) is 14.5. The lowest BCUT2D eigenvalue weighted by Gasteiger charge is -2.19. The molecule has 2 N–H and O–H groups in total. The SMILES string of the molecule is CC(CO)C(C)NC(=O)c1ccc(N(C)C)cc1. The van der Waals surface area contributed by atoms with Crippen LogP contribution < -0.4 is 10.2 Å². The van der Waals surface area contributed by atoms with Crippen LogP contribution in [0.5, 0.6) is 0 Å². The largest absolute Gasteiger partial charge is 0.396 e. The highest BCUT2D eigenvalue weighted by atomic mass is 16.3. The quantitative estimate of drug-likeness (QED) is 0.832. The Morgan fingerprint density at radius 3 is 2.28 bits per heavy atom. The molecule has 100 valence electrons. The molecule has 0 heterocycles. The summed E-state index contributed by atoms with van der Waals surface area (Å²) < 4.78 is 0. The first-order chi connectivity index (χ1) is 8.45. The summed E-state index contributed by atoms with van der Waals surface area (Å²) in [6.45, 7) is 3.87. The van der Waals surface area contributed by atoms with Crippen molar-refractivity contribution in [2.24, 2.45) is 5.92 Å². The third-order valence-corrected chi connectivity index (χ3v) is 3.15. The van der Waals surface area contributed by atoms with Crippen molar-refractivity contribution in [2.45, 2.75) is 19.9 Å². The Labute approximate surface area is 109 Å². The van der Waals surface area contributed by atoms with Gasteiger partial charge in [0.15, 0.2) is 0 Å². The monoisotopic (exact) mass is 250 g/mol. The number of carbonyl (C=O) groups excluding carboxylic acids is 1. The van der Waals surface area contributed by atoms with Gasteiger partial charge >= 0.3 is 0 Å². The molecule has 0 aromatic heterocycles. The van der Waals surface area contributed by atoms with Gasteiger partial charge in [-0.3, -0.25) is 4.79 Å². The van der Waals surface area contributed by atoms with E-state index in [1.807, 2.05) is 45.0 Å². The lowest BCUT2D eigenvalue weighted by Crippen LogP contribution is -2.38. The normalized spacial score (nSPS) is 13.8. The van der Waals surface area contributed by atoms with Gasteiger partial charge in [0.05, 0.1) is 0 Å². The van der Waals surface area contributed by atoms with Crippen molar-refractivity contribution in [2.75, 3.05) is 25.6 Å². The fourth-order valence-corrected chi connectivity index (χ4v) is 1.50. The van der Waals surface area contributed by atoms with Crippen LogP contribution in [0.3, 0.4) is 0 Å². The standard InChI is InChI=1S/C14H22N2O2/c1-10(9-17)11(2)15-14(18)12-5-7-13(8-6-12)16(3)4/h5-8,10-11,17H,9H2,1-4H3,(H,15,18). The van der Waals surface area contributed by atoms with Crippen molar-refractivity contribution >= 4 is 11.6 Å². The van der Waals surface area contributed by atoms with Gasteiger partial charge in [0.2, 0.25) is 0 Å². The molecule has 4 nitrogen and oxygen atoms in total. The molecule has 0 aliphatic carbocycles. The molecule has 0 aliphatic heterocycles. The number of hydrogen-bond donors (Lipinski definition) is 2. The number of anilines is 1. The van der Waals surface area contributed by atoms with Gasteiger partial charge < -0.3 is 15.3 Å². The van der Waals surface area contributed by atoms with Gasteiger partial charge in [-0.1, -0.05) is 6.92 Å².